The molecule has 0 aliphatic heterocycles. The van der Waals surface area contributed by atoms with E-state index in [-0.39, 0.29) is 24.3 Å². The molecule has 0 heterocycles. The smallest absolute Gasteiger partial charge is 0.123 e. The number of rotatable bonds is 5. The van der Waals surface area contributed by atoms with Gasteiger partial charge in [-0.25, -0.2) is 8.78 Å². The topological polar surface area (TPSA) is 35.2 Å². The van der Waals surface area contributed by atoms with Gasteiger partial charge in [0, 0.05) is 6.04 Å². The highest BCUT2D eigenvalue weighted by atomic mass is 19.1. The molecule has 4 heteroatoms. The van der Waals surface area contributed by atoms with Gasteiger partial charge in [-0.1, -0.05) is 6.07 Å². The zero-order valence-corrected chi connectivity index (χ0v) is 12.2. The summed E-state index contributed by atoms with van der Waals surface area (Å²) in [6.45, 7) is 3.98. The molecule has 2 nitrogen and oxygen atoms in total. The van der Waals surface area contributed by atoms with Gasteiger partial charge >= 0.3 is 0 Å². The minimum absolute atomic E-state index is 0.0925. The second-order valence-corrected chi connectivity index (χ2v) is 5.29. The van der Waals surface area contributed by atoms with Gasteiger partial charge in [-0.2, -0.15) is 0 Å². The van der Waals surface area contributed by atoms with Crippen LogP contribution in [0.5, 0.6) is 5.75 Å². The van der Waals surface area contributed by atoms with Gasteiger partial charge in [0.1, 0.15) is 24.0 Å². The summed E-state index contributed by atoms with van der Waals surface area (Å²) in [5.41, 5.74) is 8.21. The molecule has 0 saturated heterocycles. The maximum Gasteiger partial charge on any atom is 0.123 e. The van der Waals surface area contributed by atoms with Crippen molar-refractivity contribution < 1.29 is 13.5 Å². The second-order valence-electron chi connectivity index (χ2n) is 5.29. The summed E-state index contributed by atoms with van der Waals surface area (Å²) in [5.74, 6) is -0.0357. The third-order valence-corrected chi connectivity index (χ3v) is 3.26. The number of benzene rings is 2. The molecule has 0 spiro atoms. The van der Waals surface area contributed by atoms with Crippen molar-refractivity contribution in [1.29, 1.82) is 0 Å². The summed E-state index contributed by atoms with van der Waals surface area (Å²) < 4.78 is 32.3. The van der Waals surface area contributed by atoms with Crippen LogP contribution in [0.15, 0.2) is 36.4 Å². The van der Waals surface area contributed by atoms with E-state index >= 15 is 0 Å². The van der Waals surface area contributed by atoms with Crippen LogP contribution in [0.3, 0.4) is 0 Å². The van der Waals surface area contributed by atoms with E-state index in [4.69, 9.17) is 10.5 Å². The van der Waals surface area contributed by atoms with Crippen molar-refractivity contribution in [1.82, 2.24) is 0 Å². The average Bonchev–Trinajstić information content (AvgIpc) is 2.41. The van der Waals surface area contributed by atoms with Crippen LogP contribution in [0, 0.1) is 18.6 Å². The van der Waals surface area contributed by atoms with Crippen LogP contribution in [-0.4, -0.2) is 6.04 Å². The Bertz CT molecular complexity index is 626. The molecule has 1 unspecified atom stereocenters. The Kier molecular flexibility index (Phi) is 4.91. The van der Waals surface area contributed by atoms with Crippen molar-refractivity contribution in [3.8, 4) is 5.75 Å². The van der Waals surface area contributed by atoms with Crippen molar-refractivity contribution in [3.05, 3.63) is 64.7 Å². The Labute approximate surface area is 123 Å². The number of hydrogen-bond donors (Lipinski definition) is 1. The first kappa shape index (κ1) is 15.4. The van der Waals surface area contributed by atoms with Gasteiger partial charge < -0.3 is 10.5 Å². The normalized spacial score (nSPS) is 12.2. The summed E-state index contributed by atoms with van der Waals surface area (Å²) >= 11 is 0. The van der Waals surface area contributed by atoms with E-state index in [0.29, 0.717) is 12.2 Å². The number of hydrogen-bond acceptors (Lipinski definition) is 2. The van der Waals surface area contributed by atoms with Gasteiger partial charge in [0.05, 0.1) is 0 Å². The van der Waals surface area contributed by atoms with E-state index in [9.17, 15) is 8.78 Å². The first-order chi connectivity index (χ1) is 9.95. The van der Waals surface area contributed by atoms with Crippen LogP contribution >= 0.6 is 0 Å². The van der Waals surface area contributed by atoms with E-state index in [1.54, 1.807) is 12.1 Å². The van der Waals surface area contributed by atoms with Gasteiger partial charge in [-0.3, -0.25) is 0 Å². The molecule has 2 N–H and O–H groups in total. The predicted octanol–water partition coefficient (Wildman–Crippen LogP) is 3.74. The molecule has 21 heavy (non-hydrogen) atoms. The van der Waals surface area contributed by atoms with E-state index in [1.807, 2.05) is 13.8 Å². The van der Waals surface area contributed by atoms with Crippen molar-refractivity contribution in [2.24, 2.45) is 5.73 Å². The Morgan fingerprint density at radius 1 is 1.05 bits per heavy atom. The third kappa shape index (κ3) is 4.26. The zero-order chi connectivity index (χ0) is 15.4. The van der Waals surface area contributed by atoms with Crippen LogP contribution in [0.4, 0.5) is 8.78 Å². The molecule has 0 amide bonds. The largest absolute Gasteiger partial charge is 0.489 e. The molecule has 0 aromatic heterocycles. The lowest BCUT2D eigenvalue weighted by atomic mass is 10.1. The molecule has 0 bridgehead atoms. The molecule has 1 atom stereocenters. The first-order valence-electron chi connectivity index (χ1n) is 6.87. The lowest BCUT2D eigenvalue weighted by Crippen LogP contribution is -2.18. The predicted molar refractivity (Wildman–Crippen MR) is 79.2 cm³/mol. The summed E-state index contributed by atoms with van der Waals surface area (Å²) in [7, 11) is 0. The van der Waals surface area contributed by atoms with E-state index < -0.39 is 0 Å². The van der Waals surface area contributed by atoms with Crippen LogP contribution in [0.25, 0.3) is 0 Å². The summed E-state index contributed by atoms with van der Waals surface area (Å²) in [6, 6.07) is 8.84. The molecule has 0 aliphatic rings. The Morgan fingerprint density at radius 3 is 2.33 bits per heavy atom. The lowest BCUT2D eigenvalue weighted by Gasteiger charge is -2.14. The summed E-state index contributed by atoms with van der Waals surface area (Å²) in [6.07, 6.45) is 0.523. The molecule has 0 aliphatic carbocycles. The number of nitrogens with two attached hydrogens (primary N) is 1. The average molecular weight is 291 g/mol. The van der Waals surface area contributed by atoms with Gasteiger partial charge in [0.25, 0.3) is 0 Å². The first-order valence-corrected chi connectivity index (χ1v) is 6.87. The maximum atomic E-state index is 13.3. The highest BCUT2D eigenvalue weighted by Gasteiger charge is 2.09. The van der Waals surface area contributed by atoms with E-state index in [1.165, 1.54) is 24.3 Å². The number of aryl methyl sites for hydroxylation is 1. The van der Waals surface area contributed by atoms with Gasteiger partial charge in [-0.15, -0.1) is 0 Å². The molecule has 0 radical (unpaired) electrons. The van der Waals surface area contributed by atoms with Crippen LogP contribution in [0.2, 0.25) is 0 Å². The minimum atomic E-state index is -0.320. The molecule has 2 aromatic rings. The Balaban J connectivity index is 2.17. The van der Waals surface area contributed by atoms with Crippen LogP contribution in [-0.2, 0) is 13.0 Å². The molecule has 2 aromatic carbocycles. The maximum absolute atomic E-state index is 13.3. The van der Waals surface area contributed by atoms with E-state index in [0.717, 1.165) is 16.7 Å². The molecule has 0 fully saturated rings. The highest BCUT2D eigenvalue weighted by Crippen LogP contribution is 2.23. The van der Waals surface area contributed by atoms with Crippen molar-refractivity contribution in [3.63, 3.8) is 0 Å². The zero-order valence-electron chi connectivity index (χ0n) is 12.2. The fourth-order valence-electron chi connectivity index (χ4n) is 2.15. The Hall–Kier alpha value is -1.94. The quantitative estimate of drug-likeness (QED) is 0.910. The molecule has 0 saturated carbocycles. The van der Waals surface area contributed by atoms with Crippen molar-refractivity contribution >= 4 is 0 Å². The standard InChI is InChI=1S/C17H19F2NO/c1-11-3-4-15(18)9-14(11)10-21-17-6-5-16(19)8-13(17)7-12(2)20/h3-6,8-9,12H,7,10,20H2,1-2H3. The molecule has 112 valence electrons. The summed E-state index contributed by atoms with van der Waals surface area (Å²) in [5, 5.41) is 0. The van der Waals surface area contributed by atoms with Crippen LogP contribution in [0.1, 0.15) is 23.6 Å². The number of halogens is 2. The fraction of sp³-hybridized carbons (Fsp3) is 0.294. The molecular formula is C17H19F2NO. The van der Waals surface area contributed by atoms with Gasteiger partial charge in [0.2, 0.25) is 0 Å². The summed E-state index contributed by atoms with van der Waals surface area (Å²) in [4.78, 5) is 0. The third-order valence-electron chi connectivity index (χ3n) is 3.26. The van der Waals surface area contributed by atoms with Gasteiger partial charge in [0.15, 0.2) is 0 Å². The lowest BCUT2D eigenvalue weighted by molar-refractivity contribution is 0.300. The second kappa shape index (κ2) is 6.68. The van der Waals surface area contributed by atoms with Crippen LogP contribution < -0.4 is 10.5 Å². The Morgan fingerprint density at radius 2 is 1.67 bits per heavy atom. The molecule has 2 rings (SSSR count). The minimum Gasteiger partial charge on any atom is -0.489 e. The van der Waals surface area contributed by atoms with E-state index in [2.05, 4.69) is 0 Å². The SMILES string of the molecule is Cc1ccc(F)cc1COc1ccc(F)cc1CC(C)N. The van der Waals surface area contributed by atoms with Crippen molar-refractivity contribution in [2.45, 2.75) is 32.9 Å². The van der Waals surface area contributed by atoms with Gasteiger partial charge in [-0.05, 0) is 67.3 Å². The van der Waals surface area contributed by atoms with Crippen molar-refractivity contribution in [2.75, 3.05) is 0 Å². The monoisotopic (exact) mass is 291 g/mol. The fourth-order valence-corrected chi connectivity index (χ4v) is 2.15. The molecular weight excluding hydrogens is 272 g/mol. The number of ether oxygens (including phenoxy) is 1. The highest BCUT2D eigenvalue weighted by molar-refractivity contribution is 5.35.